The second-order valence-corrected chi connectivity index (χ2v) is 8.24. The van der Waals surface area contributed by atoms with Gasteiger partial charge in [0.1, 0.15) is 0 Å². The lowest BCUT2D eigenvalue weighted by Gasteiger charge is -2.21. The molecule has 21 heavy (non-hydrogen) atoms. The van der Waals surface area contributed by atoms with E-state index in [2.05, 4.69) is 15.9 Å². The Hall–Kier alpha value is -1.17. The molecule has 0 radical (unpaired) electrons. The highest BCUT2D eigenvalue weighted by Crippen LogP contribution is 2.29. The van der Waals surface area contributed by atoms with Crippen LogP contribution in [-0.2, 0) is 9.84 Å². The molecule has 0 aromatic heterocycles. The first kappa shape index (κ1) is 16.2. The van der Waals surface area contributed by atoms with Crippen LogP contribution in [0.3, 0.4) is 0 Å². The third-order valence-electron chi connectivity index (χ3n) is 3.60. The molecular weight excluding hydrogens is 350 g/mol. The molecule has 0 saturated carbocycles. The van der Waals surface area contributed by atoms with Gasteiger partial charge in [-0.1, -0.05) is 42.0 Å². The number of nitrogens with two attached hydrogens (primary N) is 1. The summed E-state index contributed by atoms with van der Waals surface area (Å²) in [6, 6.07) is 13.9. The molecule has 2 aromatic carbocycles. The first-order valence-corrected chi connectivity index (χ1v) is 8.98. The van der Waals surface area contributed by atoms with Crippen molar-refractivity contribution in [2.75, 3.05) is 0 Å². The Morgan fingerprint density at radius 3 is 2.19 bits per heavy atom. The molecule has 2 unspecified atom stereocenters. The van der Waals surface area contributed by atoms with Gasteiger partial charge in [0.15, 0.2) is 9.84 Å². The zero-order valence-corrected chi connectivity index (χ0v) is 14.4. The Morgan fingerprint density at radius 1 is 1.05 bits per heavy atom. The predicted molar refractivity (Wildman–Crippen MR) is 88.9 cm³/mol. The maximum absolute atomic E-state index is 12.7. The van der Waals surface area contributed by atoms with Crippen LogP contribution in [0.4, 0.5) is 0 Å². The second-order valence-electron chi connectivity index (χ2n) is 5.12. The molecular formula is C16H18BrNO2S. The Labute approximate surface area is 134 Å². The van der Waals surface area contributed by atoms with E-state index >= 15 is 0 Å². The van der Waals surface area contributed by atoms with E-state index in [1.165, 1.54) is 0 Å². The van der Waals surface area contributed by atoms with Crippen LogP contribution in [0.1, 0.15) is 24.1 Å². The first-order chi connectivity index (χ1) is 9.84. The van der Waals surface area contributed by atoms with E-state index in [1.54, 1.807) is 31.2 Å². The van der Waals surface area contributed by atoms with E-state index in [9.17, 15) is 8.42 Å². The molecule has 0 aliphatic heterocycles. The SMILES string of the molecule is Cc1ccc(C(N)C(C)S(=O)(=O)c2ccccc2Br)cc1. The third kappa shape index (κ3) is 3.36. The van der Waals surface area contributed by atoms with Gasteiger partial charge in [-0.3, -0.25) is 0 Å². The maximum atomic E-state index is 12.7. The summed E-state index contributed by atoms with van der Waals surface area (Å²) in [5.74, 6) is 0. The number of rotatable bonds is 4. The highest BCUT2D eigenvalue weighted by molar-refractivity contribution is 9.10. The van der Waals surface area contributed by atoms with Gasteiger partial charge >= 0.3 is 0 Å². The van der Waals surface area contributed by atoms with E-state index in [4.69, 9.17) is 5.73 Å². The van der Waals surface area contributed by atoms with Crippen molar-refractivity contribution in [2.24, 2.45) is 5.73 Å². The molecule has 0 spiro atoms. The minimum absolute atomic E-state index is 0.278. The molecule has 0 aliphatic rings. The van der Waals surface area contributed by atoms with E-state index in [0.717, 1.165) is 11.1 Å². The van der Waals surface area contributed by atoms with E-state index < -0.39 is 21.1 Å². The summed E-state index contributed by atoms with van der Waals surface area (Å²) in [7, 11) is -3.50. The smallest absolute Gasteiger partial charge is 0.183 e. The normalized spacial score (nSPS) is 14.7. The predicted octanol–water partition coefficient (Wildman–Crippen LogP) is 3.62. The van der Waals surface area contributed by atoms with Gasteiger partial charge in [0.05, 0.1) is 10.1 Å². The van der Waals surface area contributed by atoms with Crippen molar-refractivity contribution in [1.29, 1.82) is 0 Å². The molecule has 0 amide bonds. The lowest BCUT2D eigenvalue weighted by atomic mass is 10.0. The Bertz CT molecular complexity index is 726. The molecule has 0 bridgehead atoms. The highest BCUT2D eigenvalue weighted by Gasteiger charge is 2.30. The quantitative estimate of drug-likeness (QED) is 0.897. The second kappa shape index (κ2) is 6.30. The largest absolute Gasteiger partial charge is 0.323 e. The van der Waals surface area contributed by atoms with E-state index in [-0.39, 0.29) is 4.90 Å². The number of hydrogen-bond acceptors (Lipinski definition) is 3. The standard InChI is InChI=1S/C16H18BrNO2S/c1-11-7-9-13(10-8-11)16(18)12(2)21(19,20)15-6-4-3-5-14(15)17/h3-10,12,16H,18H2,1-2H3. The monoisotopic (exact) mass is 367 g/mol. The molecule has 112 valence electrons. The molecule has 2 atom stereocenters. The fourth-order valence-electron chi connectivity index (χ4n) is 2.13. The van der Waals surface area contributed by atoms with Crippen molar-refractivity contribution in [1.82, 2.24) is 0 Å². The number of halogens is 1. The Balaban J connectivity index is 2.36. The Kier molecular flexibility index (Phi) is 4.86. The molecule has 0 saturated heterocycles. The lowest BCUT2D eigenvalue weighted by molar-refractivity contribution is 0.564. The summed E-state index contributed by atoms with van der Waals surface area (Å²) in [5, 5.41) is -0.709. The average Bonchev–Trinajstić information content (AvgIpc) is 2.46. The van der Waals surface area contributed by atoms with Crippen LogP contribution in [0.25, 0.3) is 0 Å². The molecule has 2 N–H and O–H groups in total. The summed E-state index contributed by atoms with van der Waals surface area (Å²) >= 11 is 3.30. The highest BCUT2D eigenvalue weighted by atomic mass is 79.9. The topological polar surface area (TPSA) is 60.2 Å². The summed E-state index contributed by atoms with van der Waals surface area (Å²) in [5.41, 5.74) is 8.11. The van der Waals surface area contributed by atoms with Crippen molar-refractivity contribution in [3.63, 3.8) is 0 Å². The van der Waals surface area contributed by atoms with Crippen LogP contribution in [0.2, 0.25) is 0 Å². The molecule has 2 aromatic rings. The molecule has 0 aliphatic carbocycles. The van der Waals surface area contributed by atoms with Crippen molar-refractivity contribution in [3.05, 3.63) is 64.1 Å². The van der Waals surface area contributed by atoms with Gasteiger partial charge < -0.3 is 5.73 Å². The fourth-order valence-corrected chi connectivity index (χ4v) is 4.64. The van der Waals surface area contributed by atoms with Gasteiger partial charge in [0.2, 0.25) is 0 Å². The molecule has 5 heteroatoms. The van der Waals surface area contributed by atoms with Crippen LogP contribution >= 0.6 is 15.9 Å². The average molecular weight is 368 g/mol. The molecule has 3 nitrogen and oxygen atoms in total. The summed E-state index contributed by atoms with van der Waals surface area (Å²) in [6.07, 6.45) is 0. The lowest BCUT2D eigenvalue weighted by Crippen LogP contribution is -2.31. The van der Waals surface area contributed by atoms with Crippen LogP contribution in [-0.4, -0.2) is 13.7 Å². The van der Waals surface area contributed by atoms with Crippen LogP contribution in [0.15, 0.2) is 57.9 Å². The van der Waals surface area contributed by atoms with Crippen molar-refractivity contribution < 1.29 is 8.42 Å². The zero-order chi connectivity index (χ0) is 15.6. The zero-order valence-electron chi connectivity index (χ0n) is 12.0. The van der Waals surface area contributed by atoms with Crippen molar-refractivity contribution in [3.8, 4) is 0 Å². The van der Waals surface area contributed by atoms with Gasteiger partial charge in [-0.2, -0.15) is 0 Å². The van der Waals surface area contributed by atoms with Crippen LogP contribution in [0, 0.1) is 6.92 Å². The van der Waals surface area contributed by atoms with Gasteiger partial charge in [-0.05, 0) is 47.5 Å². The minimum atomic E-state index is -3.50. The first-order valence-electron chi connectivity index (χ1n) is 6.64. The van der Waals surface area contributed by atoms with Gasteiger partial charge in [0, 0.05) is 10.5 Å². The molecule has 0 fully saturated rings. The number of benzene rings is 2. The third-order valence-corrected chi connectivity index (χ3v) is 6.80. The van der Waals surface area contributed by atoms with Crippen LogP contribution in [0.5, 0.6) is 0 Å². The van der Waals surface area contributed by atoms with Crippen molar-refractivity contribution in [2.45, 2.75) is 30.0 Å². The van der Waals surface area contributed by atoms with Gasteiger partial charge in [-0.25, -0.2) is 8.42 Å². The summed E-state index contributed by atoms with van der Waals surface area (Å²) in [6.45, 7) is 3.63. The van der Waals surface area contributed by atoms with E-state index in [1.807, 2.05) is 31.2 Å². The summed E-state index contributed by atoms with van der Waals surface area (Å²) in [4.78, 5) is 0.278. The maximum Gasteiger partial charge on any atom is 0.183 e. The number of hydrogen-bond donors (Lipinski definition) is 1. The molecule has 0 heterocycles. The van der Waals surface area contributed by atoms with Gasteiger partial charge in [-0.15, -0.1) is 0 Å². The summed E-state index contributed by atoms with van der Waals surface area (Å²) < 4.78 is 26.0. The molecule has 2 rings (SSSR count). The number of aryl methyl sites for hydroxylation is 1. The van der Waals surface area contributed by atoms with E-state index in [0.29, 0.717) is 4.47 Å². The van der Waals surface area contributed by atoms with Crippen molar-refractivity contribution >= 4 is 25.8 Å². The minimum Gasteiger partial charge on any atom is -0.323 e. The Morgan fingerprint density at radius 2 is 1.62 bits per heavy atom. The number of sulfone groups is 1. The van der Waals surface area contributed by atoms with Gasteiger partial charge in [0.25, 0.3) is 0 Å². The fraction of sp³-hybridized carbons (Fsp3) is 0.250. The van der Waals surface area contributed by atoms with Crippen LogP contribution < -0.4 is 5.73 Å².